The molecule has 27 heavy (non-hydrogen) atoms. The van der Waals surface area contributed by atoms with Gasteiger partial charge in [-0.15, -0.1) is 0 Å². The largest absolute Gasteiger partial charge is 0.354 e. The van der Waals surface area contributed by atoms with Crippen molar-refractivity contribution in [1.29, 1.82) is 0 Å². The number of carbonyl (C=O) groups is 1. The molecule has 9 nitrogen and oxygen atoms in total. The number of nitrogens with one attached hydrogen (secondary N) is 3. The van der Waals surface area contributed by atoms with E-state index in [1.54, 1.807) is 10.9 Å². The van der Waals surface area contributed by atoms with Crippen molar-refractivity contribution in [3.8, 4) is 0 Å². The number of hydrogen-bond acceptors (Lipinski definition) is 7. The van der Waals surface area contributed by atoms with Crippen LogP contribution in [0.4, 0.5) is 17.5 Å². The Kier molecular flexibility index (Phi) is 4.93. The number of nitrogens with two attached hydrogens (primary N) is 1. The summed E-state index contributed by atoms with van der Waals surface area (Å²) in [4.78, 5) is 21.5. The first-order chi connectivity index (χ1) is 13.1. The molecule has 0 spiro atoms. The highest BCUT2D eigenvalue weighted by Crippen LogP contribution is 2.26. The fraction of sp³-hybridized carbons (Fsp3) is 0.556. The van der Waals surface area contributed by atoms with E-state index in [1.165, 1.54) is 12.8 Å². The molecular formula is C18H26N8O. The van der Waals surface area contributed by atoms with Gasteiger partial charge in [0.25, 0.3) is 5.91 Å². The van der Waals surface area contributed by atoms with E-state index in [4.69, 9.17) is 5.73 Å². The van der Waals surface area contributed by atoms with Crippen LogP contribution >= 0.6 is 0 Å². The van der Waals surface area contributed by atoms with Gasteiger partial charge in [-0.05, 0) is 18.8 Å². The number of anilines is 3. The van der Waals surface area contributed by atoms with Gasteiger partial charge in [-0.3, -0.25) is 9.48 Å². The quantitative estimate of drug-likeness (QED) is 0.623. The standard InChI is InChI=1S/C18H26N8O/c1-26-10-12(9-22-26)23-16-15-14(6-7-20-17(15)27)24-18(25-16)21-8-11-4-2-3-5-13(11)19/h9-11,13H,2-8,19H2,1H3,(H,20,27)(H2,21,23,24,25)/t11-,13-/m0/s1. The van der Waals surface area contributed by atoms with E-state index >= 15 is 0 Å². The number of carbonyl (C=O) groups excluding carboxylic acids is 1. The van der Waals surface area contributed by atoms with Crippen molar-refractivity contribution in [1.82, 2.24) is 25.1 Å². The van der Waals surface area contributed by atoms with Gasteiger partial charge >= 0.3 is 0 Å². The van der Waals surface area contributed by atoms with Crippen LogP contribution in [0.2, 0.25) is 0 Å². The number of amides is 1. The SMILES string of the molecule is Cn1cc(Nc2nc(NC[C@@H]3CCCC[C@@H]3N)nc3c2C(=O)NCC3)cn1. The Morgan fingerprint density at radius 3 is 2.96 bits per heavy atom. The van der Waals surface area contributed by atoms with Gasteiger partial charge in [0, 0.05) is 38.8 Å². The van der Waals surface area contributed by atoms with Gasteiger partial charge in [0.1, 0.15) is 11.4 Å². The molecule has 2 aliphatic rings. The molecule has 1 amide bonds. The number of fused-ring (bicyclic) bond motifs is 1. The molecule has 0 radical (unpaired) electrons. The maximum absolute atomic E-state index is 12.4. The number of aromatic nitrogens is 4. The number of hydrogen-bond donors (Lipinski definition) is 4. The van der Waals surface area contributed by atoms with E-state index in [9.17, 15) is 4.79 Å². The third-order valence-electron chi connectivity index (χ3n) is 5.32. The van der Waals surface area contributed by atoms with Crippen molar-refractivity contribution in [3.05, 3.63) is 23.7 Å². The molecule has 1 aliphatic heterocycles. The lowest BCUT2D eigenvalue weighted by Crippen LogP contribution is -2.37. The van der Waals surface area contributed by atoms with Gasteiger partial charge < -0.3 is 21.7 Å². The van der Waals surface area contributed by atoms with Crippen LogP contribution in [0.15, 0.2) is 12.4 Å². The first-order valence-corrected chi connectivity index (χ1v) is 9.54. The predicted molar refractivity (Wildman–Crippen MR) is 103 cm³/mol. The first-order valence-electron chi connectivity index (χ1n) is 9.54. The lowest BCUT2D eigenvalue weighted by molar-refractivity contribution is 0.0945. The van der Waals surface area contributed by atoms with Gasteiger partial charge in [-0.1, -0.05) is 12.8 Å². The van der Waals surface area contributed by atoms with Crippen molar-refractivity contribution in [2.24, 2.45) is 18.7 Å². The highest BCUT2D eigenvalue weighted by atomic mass is 16.1. The second-order valence-corrected chi connectivity index (χ2v) is 7.34. The van der Waals surface area contributed by atoms with Gasteiger partial charge in [0.2, 0.25) is 5.95 Å². The number of rotatable bonds is 5. The Labute approximate surface area is 158 Å². The lowest BCUT2D eigenvalue weighted by Gasteiger charge is -2.28. The van der Waals surface area contributed by atoms with Crippen molar-refractivity contribution in [2.75, 3.05) is 23.7 Å². The molecule has 3 heterocycles. The Morgan fingerprint density at radius 1 is 1.33 bits per heavy atom. The molecule has 144 valence electrons. The minimum atomic E-state index is -0.150. The molecule has 1 aliphatic carbocycles. The van der Waals surface area contributed by atoms with Crippen LogP contribution in [0.5, 0.6) is 0 Å². The zero-order valence-electron chi connectivity index (χ0n) is 15.5. The summed E-state index contributed by atoms with van der Waals surface area (Å²) in [6, 6.07) is 0.225. The van der Waals surface area contributed by atoms with Crippen molar-refractivity contribution < 1.29 is 4.79 Å². The average Bonchev–Trinajstić information content (AvgIpc) is 3.06. The molecule has 2 atom stereocenters. The molecule has 2 aromatic heterocycles. The van der Waals surface area contributed by atoms with E-state index in [0.29, 0.717) is 36.2 Å². The normalized spacial score (nSPS) is 22.1. The van der Waals surface area contributed by atoms with E-state index < -0.39 is 0 Å². The van der Waals surface area contributed by atoms with E-state index in [0.717, 1.165) is 30.8 Å². The molecule has 0 unspecified atom stereocenters. The van der Waals surface area contributed by atoms with Gasteiger partial charge in [0.15, 0.2) is 0 Å². The van der Waals surface area contributed by atoms with Crippen molar-refractivity contribution in [3.63, 3.8) is 0 Å². The Bertz CT molecular complexity index is 833. The van der Waals surface area contributed by atoms with E-state index in [1.807, 2.05) is 13.2 Å². The summed E-state index contributed by atoms with van der Waals surface area (Å²) in [5, 5.41) is 13.6. The number of aryl methyl sites for hydroxylation is 1. The Hall–Kier alpha value is -2.68. The summed E-state index contributed by atoms with van der Waals surface area (Å²) >= 11 is 0. The van der Waals surface area contributed by atoms with Crippen LogP contribution in [0, 0.1) is 5.92 Å². The summed E-state index contributed by atoms with van der Waals surface area (Å²) in [6.45, 7) is 1.33. The molecule has 5 N–H and O–H groups in total. The summed E-state index contributed by atoms with van der Waals surface area (Å²) in [7, 11) is 1.84. The van der Waals surface area contributed by atoms with Crippen molar-refractivity contribution in [2.45, 2.75) is 38.1 Å². The average molecular weight is 370 g/mol. The van der Waals surface area contributed by atoms with Gasteiger partial charge in [-0.2, -0.15) is 10.1 Å². The van der Waals surface area contributed by atoms with Crippen LogP contribution in [-0.2, 0) is 13.5 Å². The third kappa shape index (κ3) is 3.87. The molecule has 1 saturated carbocycles. The topological polar surface area (TPSA) is 123 Å². The molecular weight excluding hydrogens is 344 g/mol. The summed E-state index contributed by atoms with van der Waals surface area (Å²) in [6.07, 6.45) is 8.85. The summed E-state index contributed by atoms with van der Waals surface area (Å²) < 4.78 is 1.69. The second-order valence-electron chi connectivity index (χ2n) is 7.34. The molecule has 2 aromatic rings. The fourth-order valence-corrected chi connectivity index (χ4v) is 3.81. The van der Waals surface area contributed by atoms with Crippen LogP contribution in [0.25, 0.3) is 0 Å². The lowest BCUT2D eigenvalue weighted by atomic mass is 9.85. The summed E-state index contributed by atoms with van der Waals surface area (Å²) in [5.74, 6) is 1.31. The molecule has 0 aromatic carbocycles. The highest BCUT2D eigenvalue weighted by molar-refractivity contribution is 6.01. The minimum absolute atomic E-state index is 0.150. The second kappa shape index (κ2) is 7.51. The highest BCUT2D eigenvalue weighted by Gasteiger charge is 2.26. The molecule has 0 bridgehead atoms. The Morgan fingerprint density at radius 2 is 2.19 bits per heavy atom. The Balaban J connectivity index is 1.58. The smallest absolute Gasteiger partial charge is 0.256 e. The van der Waals surface area contributed by atoms with Crippen LogP contribution in [0.3, 0.4) is 0 Å². The zero-order chi connectivity index (χ0) is 18.8. The van der Waals surface area contributed by atoms with Crippen LogP contribution in [-0.4, -0.2) is 44.8 Å². The molecule has 4 rings (SSSR count). The van der Waals surface area contributed by atoms with Crippen LogP contribution in [0.1, 0.15) is 41.7 Å². The summed E-state index contributed by atoms with van der Waals surface area (Å²) in [5.41, 5.74) is 8.29. The third-order valence-corrected chi connectivity index (χ3v) is 5.32. The number of nitrogens with zero attached hydrogens (tertiary/aromatic N) is 4. The van der Waals surface area contributed by atoms with E-state index in [-0.39, 0.29) is 11.9 Å². The van der Waals surface area contributed by atoms with Crippen molar-refractivity contribution >= 4 is 23.4 Å². The van der Waals surface area contributed by atoms with Crippen LogP contribution < -0.4 is 21.7 Å². The minimum Gasteiger partial charge on any atom is -0.354 e. The first kappa shape index (κ1) is 17.7. The van der Waals surface area contributed by atoms with Gasteiger partial charge in [0.05, 0.1) is 17.6 Å². The monoisotopic (exact) mass is 370 g/mol. The predicted octanol–water partition coefficient (Wildman–Crippen LogP) is 1.17. The molecule has 0 saturated heterocycles. The molecule has 9 heteroatoms. The van der Waals surface area contributed by atoms with Gasteiger partial charge in [-0.25, -0.2) is 4.98 Å². The zero-order valence-corrected chi connectivity index (χ0v) is 15.5. The fourth-order valence-electron chi connectivity index (χ4n) is 3.81. The maximum Gasteiger partial charge on any atom is 0.256 e. The van der Waals surface area contributed by atoms with E-state index in [2.05, 4.69) is 31.0 Å². The maximum atomic E-state index is 12.4. The molecule has 1 fully saturated rings.